The molecule has 0 bridgehead atoms. The number of nitrogen functional groups attached to an aromatic ring is 1. The second-order valence-corrected chi connectivity index (χ2v) is 4.42. The molecule has 18 heavy (non-hydrogen) atoms. The first-order chi connectivity index (χ1) is 8.78. The number of hydrogen-bond donors (Lipinski definition) is 3. The van der Waals surface area contributed by atoms with E-state index in [9.17, 15) is 0 Å². The number of rotatable bonds is 5. The molecule has 0 aliphatic rings. The summed E-state index contributed by atoms with van der Waals surface area (Å²) >= 11 is 1.33. The Labute approximate surface area is 109 Å². The highest BCUT2D eigenvalue weighted by Gasteiger charge is 2.05. The Hall–Kier alpha value is -1.86. The highest BCUT2D eigenvalue weighted by Crippen LogP contribution is 2.17. The lowest BCUT2D eigenvalue weighted by Crippen LogP contribution is -2.05. The Morgan fingerprint density at radius 3 is 2.67 bits per heavy atom. The Bertz CT molecular complexity index is 508. The van der Waals surface area contributed by atoms with Crippen molar-refractivity contribution in [3.05, 3.63) is 30.3 Å². The molecular formula is C11H13N5OS. The fourth-order valence-electron chi connectivity index (χ4n) is 1.28. The number of anilines is 3. The van der Waals surface area contributed by atoms with E-state index in [4.69, 9.17) is 10.8 Å². The minimum absolute atomic E-state index is 0.0672. The second-order valence-electron chi connectivity index (χ2n) is 3.36. The number of nitrogens with two attached hydrogens (primary N) is 1. The predicted molar refractivity (Wildman–Crippen MR) is 71.8 cm³/mol. The van der Waals surface area contributed by atoms with Crippen LogP contribution in [0.25, 0.3) is 0 Å². The first-order valence-electron chi connectivity index (χ1n) is 5.35. The first kappa shape index (κ1) is 12.6. The standard InChI is InChI=1S/C11H13N5OS/c12-9-14-10(13-8-4-2-1-3-5-8)16-11(15-9)18-7-6-17/h1-5,17H,6-7H2,(H3,12,13,14,15,16). The largest absolute Gasteiger partial charge is 0.396 e. The third-order valence-corrected chi connectivity index (χ3v) is 2.81. The Morgan fingerprint density at radius 2 is 1.94 bits per heavy atom. The van der Waals surface area contributed by atoms with Gasteiger partial charge < -0.3 is 16.2 Å². The van der Waals surface area contributed by atoms with Gasteiger partial charge in [0.25, 0.3) is 0 Å². The molecule has 0 spiro atoms. The Kier molecular flexibility index (Phi) is 4.32. The number of para-hydroxylation sites is 1. The zero-order valence-corrected chi connectivity index (χ0v) is 10.4. The van der Waals surface area contributed by atoms with Crippen LogP contribution in [-0.2, 0) is 0 Å². The number of aliphatic hydroxyl groups excluding tert-OH is 1. The van der Waals surface area contributed by atoms with Crippen molar-refractivity contribution in [1.82, 2.24) is 15.0 Å². The van der Waals surface area contributed by atoms with Crippen LogP contribution >= 0.6 is 11.8 Å². The summed E-state index contributed by atoms with van der Waals surface area (Å²) in [4.78, 5) is 12.2. The maximum Gasteiger partial charge on any atom is 0.233 e. The van der Waals surface area contributed by atoms with Crippen molar-refractivity contribution in [2.45, 2.75) is 5.16 Å². The zero-order chi connectivity index (χ0) is 12.8. The van der Waals surface area contributed by atoms with E-state index in [0.29, 0.717) is 16.9 Å². The van der Waals surface area contributed by atoms with Gasteiger partial charge in [-0.3, -0.25) is 0 Å². The van der Waals surface area contributed by atoms with Gasteiger partial charge in [-0.25, -0.2) is 0 Å². The van der Waals surface area contributed by atoms with Crippen LogP contribution in [0.15, 0.2) is 35.5 Å². The lowest BCUT2D eigenvalue weighted by molar-refractivity contribution is 0.322. The van der Waals surface area contributed by atoms with E-state index in [1.54, 1.807) is 0 Å². The quantitative estimate of drug-likeness (QED) is 0.699. The summed E-state index contributed by atoms with van der Waals surface area (Å²) in [5.74, 6) is 1.08. The van der Waals surface area contributed by atoms with Crippen LogP contribution in [0.3, 0.4) is 0 Å². The van der Waals surface area contributed by atoms with E-state index in [-0.39, 0.29) is 12.6 Å². The van der Waals surface area contributed by atoms with Crippen LogP contribution in [0.4, 0.5) is 17.6 Å². The van der Waals surface area contributed by atoms with Crippen LogP contribution < -0.4 is 11.1 Å². The van der Waals surface area contributed by atoms with E-state index in [1.807, 2.05) is 30.3 Å². The Morgan fingerprint density at radius 1 is 1.17 bits per heavy atom. The number of benzene rings is 1. The number of aromatic nitrogens is 3. The van der Waals surface area contributed by atoms with Crippen LogP contribution in [0.1, 0.15) is 0 Å². The molecule has 1 aromatic heterocycles. The van der Waals surface area contributed by atoms with Crippen LogP contribution in [0.2, 0.25) is 0 Å². The summed E-state index contributed by atoms with van der Waals surface area (Å²) < 4.78 is 0. The molecule has 0 saturated carbocycles. The number of nitrogens with one attached hydrogen (secondary N) is 1. The van der Waals surface area contributed by atoms with Gasteiger partial charge in [-0.2, -0.15) is 15.0 Å². The maximum atomic E-state index is 8.76. The van der Waals surface area contributed by atoms with Gasteiger partial charge in [0.2, 0.25) is 11.9 Å². The van der Waals surface area contributed by atoms with Gasteiger partial charge in [0.1, 0.15) is 0 Å². The van der Waals surface area contributed by atoms with Gasteiger partial charge in [0.15, 0.2) is 5.16 Å². The lowest BCUT2D eigenvalue weighted by atomic mass is 10.3. The summed E-state index contributed by atoms with van der Waals surface area (Å²) in [6.07, 6.45) is 0. The van der Waals surface area contributed by atoms with Gasteiger partial charge in [-0.05, 0) is 12.1 Å². The van der Waals surface area contributed by atoms with E-state index in [2.05, 4.69) is 20.3 Å². The molecule has 0 radical (unpaired) electrons. The summed E-state index contributed by atoms with van der Waals surface area (Å²) in [7, 11) is 0. The van der Waals surface area contributed by atoms with Gasteiger partial charge >= 0.3 is 0 Å². The van der Waals surface area contributed by atoms with Gasteiger partial charge in [0, 0.05) is 11.4 Å². The average Bonchev–Trinajstić information content (AvgIpc) is 2.37. The van der Waals surface area contributed by atoms with Crippen molar-refractivity contribution >= 4 is 29.3 Å². The third kappa shape index (κ3) is 3.57. The maximum absolute atomic E-state index is 8.76. The monoisotopic (exact) mass is 263 g/mol. The summed E-state index contributed by atoms with van der Waals surface area (Å²) in [5.41, 5.74) is 6.48. The van der Waals surface area contributed by atoms with Gasteiger partial charge in [0.05, 0.1) is 6.61 Å². The summed E-state index contributed by atoms with van der Waals surface area (Å²) in [5, 5.41) is 12.3. The molecule has 1 heterocycles. The van der Waals surface area contributed by atoms with E-state index in [1.165, 1.54) is 11.8 Å². The highest BCUT2D eigenvalue weighted by molar-refractivity contribution is 7.99. The highest BCUT2D eigenvalue weighted by atomic mass is 32.2. The molecule has 0 amide bonds. The van der Waals surface area contributed by atoms with Gasteiger partial charge in [-0.15, -0.1) is 0 Å². The van der Waals surface area contributed by atoms with Crippen LogP contribution in [-0.4, -0.2) is 32.4 Å². The topological polar surface area (TPSA) is 97.0 Å². The fraction of sp³-hybridized carbons (Fsp3) is 0.182. The molecule has 0 aliphatic heterocycles. The minimum atomic E-state index is 0.0672. The second kappa shape index (κ2) is 6.18. The zero-order valence-electron chi connectivity index (χ0n) is 9.58. The van der Waals surface area contributed by atoms with Crippen molar-refractivity contribution in [3.63, 3.8) is 0 Å². The van der Waals surface area contributed by atoms with Crippen LogP contribution in [0.5, 0.6) is 0 Å². The Balaban J connectivity index is 2.15. The smallest absolute Gasteiger partial charge is 0.233 e. The van der Waals surface area contributed by atoms with Crippen molar-refractivity contribution in [2.24, 2.45) is 0 Å². The summed E-state index contributed by atoms with van der Waals surface area (Å²) in [6, 6.07) is 9.55. The average molecular weight is 263 g/mol. The van der Waals surface area contributed by atoms with E-state index in [0.717, 1.165) is 5.69 Å². The van der Waals surface area contributed by atoms with Crippen molar-refractivity contribution in [1.29, 1.82) is 0 Å². The molecule has 0 atom stereocenters. The number of aliphatic hydroxyl groups is 1. The van der Waals surface area contributed by atoms with Crippen molar-refractivity contribution < 1.29 is 5.11 Å². The van der Waals surface area contributed by atoms with Crippen molar-refractivity contribution in [2.75, 3.05) is 23.4 Å². The number of hydrogen-bond acceptors (Lipinski definition) is 7. The molecule has 0 aliphatic carbocycles. The lowest BCUT2D eigenvalue weighted by Gasteiger charge is -2.06. The molecule has 7 heteroatoms. The fourth-order valence-corrected chi connectivity index (χ4v) is 1.86. The minimum Gasteiger partial charge on any atom is -0.396 e. The summed E-state index contributed by atoms with van der Waals surface area (Å²) in [6.45, 7) is 0.0672. The first-order valence-corrected chi connectivity index (χ1v) is 6.34. The molecule has 94 valence electrons. The molecule has 0 unspecified atom stereocenters. The van der Waals surface area contributed by atoms with Gasteiger partial charge in [-0.1, -0.05) is 30.0 Å². The normalized spacial score (nSPS) is 10.3. The molecule has 2 rings (SSSR count). The van der Waals surface area contributed by atoms with E-state index >= 15 is 0 Å². The van der Waals surface area contributed by atoms with Crippen molar-refractivity contribution in [3.8, 4) is 0 Å². The SMILES string of the molecule is Nc1nc(Nc2ccccc2)nc(SCCO)n1. The van der Waals surface area contributed by atoms with E-state index < -0.39 is 0 Å². The molecule has 1 aromatic carbocycles. The molecule has 0 fully saturated rings. The molecule has 6 nitrogen and oxygen atoms in total. The molecule has 2 aromatic rings. The molecular weight excluding hydrogens is 250 g/mol. The number of thioether (sulfide) groups is 1. The predicted octanol–water partition coefficient (Wildman–Crippen LogP) is 1.28. The molecule has 4 N–H and O–H groups in total. The molecule has 0 saturated heterocycles. The number of nitrogens with zero attached hydrogens (tertiary/aromatic N) is 3. The third-order valence-electron chi connectivity index (χ3n) is 1.98. The van der Waals surface area contributed by atoms with Crippen LogP contribution in [0, 0.1) is 0 Å².